The predicted octanol–water partition coefficient (Wildman–Crippen LogP) is 2.37. The van der Waals surface area contributed by atoms with Gasteiger partial charge in [-0.3, -0.25) is 30.3 Å². The zero-order valence-electron chi connectivity index (χ0n) is 14.4. The first kappa shape index (κ1) is 17.3. The van der Waals surface area contributed by atoms with Crippen molar-refractivity contribution in [3.63, 3.8) is 0 Å². The van der Waals surface area contributed by atoms with Gasteiger partial charge in [0.15, 0.2) is 0 Å². The number of hydrogen-bond donors (Lipinski definition) is 2. The number of aromatic nitrogens is 3. The second kappa shape index (κ2) is 6.91. The van der Waals surface area contributed by atoms with Gasteiger partial charge < -0.3 is 0 Å². The summed E-state index contributed by atoms with van der Waals surface area (Å²) >= 11 is 0. The summed E-state index contributed by atoms with van der Waals surface area (Å²) in [6.07, 6.45) is 0.204. The molecule has 1 aliphatic rings. The van der Waals surface area contributed by atoms with Crippen LogP contribution in [0.3, 0.4) is 0 Å². The molecule has 1 aromatic heterocycles. The van der Waals surface area contributed by atoms with Crippen LogP contribution in [0.1, 0.15) is 28.4 Å². The van der Waals surface area contributed by atoms with Crippen molar-refractivity contribution in [2.75, 3.05) is 10.6 Å². The van der Waals surface area contributed by atoms with Crippen LogP contribution in [-0.2, 0) is 4.79 Å². The molecule has 1 aliphatic heterocycles. The monoisotopic (exact) mass is 378 g/mol. The number of nitro groups is 1. The smallest absolute Gasteiger partial charge is 0.269 e. The van der Waals surface area contributed by atoms with E-state index in [1.165, 1.54) is 24.3 Å². The largest absolute Gasteiger partial charge is 0.295 e. The maximum absolute atomic E-state index is 12.4. The van der Waals surface area contributed by atoms with Crippen molar-refractivity contribution in [3.8, 4) is 0 Å². The van der Waals surface area contributed by atoms with E-state index in [4.69, 9.17) is 0 Å². The first-order valence-electron chi connectivity index (χ1n) is 8.38. The molecular formula is C18H14N6O4. The van der Waals surface area contributed by atoms with Gasteiger partial charge in [-0.15, -0.1) is 5.10 Å². The first-order valence-corrected chi connectivity index (χ1v) is 8.38. The van der Waals surface area contributed by atoms with E-state index in [1.54, 1.807) is 4.68 Å². The summed E-state index contributed by atoms with van der Waals surface area (Å²) in [7, 11) is 0. The van der Waals surface area contributed by atoms with Crippen LogP contribution in [0.4, 0.5) is 17.6 Å². The molecule has 0 saturated carbocycles. The van der Waals surface area contributed by atoms with Crippen LogP contribution in [-0.4, -0.2) is 31.5 Å². The number of anilines is 2. The molecule has 2 amide bonds. The van der Waals surface area contributed by atoms with Gasteiger partial charge in [0.05, 0.1) is 17.4 Å². The molecule has 1 atom stereocenters. The summed E-state index contributed by atoms with van der Waals surface area (Å²) in [6.45, 7) is 0. The number of amides is 2. The van der Waals surface area contributed by atoms with Crippen LogP contribution in [0.2, 0.25) is 0 Å². The second-order valence-corrected chi connectivity index (χ2v) is 6.14. The fourth-order valence-corrected chi connectivity index (χ4v) is 2.96. The maximum atomic E-state index is 12.4. The van der Waals surface area contributed by atoms with Crippen molar-refractivity contribution in [2.24, 2.45) is 0 Å². The quantitative estimate of drug-likeness (QED) is 0.529. The van der Waals surface area contributed by atoms with Crippen molar-refractivity contribution >= 4 is 29.4 Å². The fourth-order valence-electron chi connectivity index (χ4n) is 2.96. The molecule has 10 nitrogen and oxygen atoms in total. The van der Waals surface area contributed by atoms with Gasteiger partial charge in [-0.1, -0.05) is 30.3 Å². The molecule has 0 spiro atoms. The van der Waals surface area contributed by atoms with E-state index in [0.717, 1.165) is 5.56 Å². The van der Waals surface area contributed by atoms with Gasteiger partial charge >= 0.3 is 0 Å². The average Bonchev–Trinajstić information content (AvgIpc) is 3.10. The van der Waals surface area contributed by atoms with E-state index in [0.29, 0.717) is 0 Å². The molecule has 4 rings (SSSR count). The second-order valence-electron chi connectivity index (χ2n) is 6.14. The lowest BCUT2D eigenvalue weighted by molar-refractivity contribution is -0.384. The van der Waals surface area contributed by atoms with Crippen LogP contribution < -0.4 is 10.6 Å². The highest BCUT2D eigenvalue weighted by molar-refractivity contribution is 6.03. The van der Waals surface area contributed by atoms with E-state index in [9.17, 15) is 19.7 Å². The number of nitrogens with one attached hydrogen (secondary N) is 2. The van der Waals surface area contributed by atoms with Crippen LogP contribution in [0.15, 0.2) is 54.6 Å². The van der Waals surface area contributed by atoms with Crippen LogP contribution in [0, 0.1) is 10.1 Å². The molecule has 0 fully saturated rings. The van der Waals surface area contributed by atoms with Crippen LogP contribution in [0.25, 0.3) is 0 Å². The molecule has 28 heavy (non-hydrogen) atoms. The topological polar surface area (TPSA) is 132 Å². The Balaban J connectivity index is 1.58. The number of nitrogens with zero attached hydrogens (tertiary/aromatic N) is 4. The lowest BCUT2D eigenvalue weighted by Crippen LogP contribution is -2.29. The highest BCUT2D eigenvalue weighted by Gasteiger charge is 2.29. The summed E-state index contributed by atoms with van der Waals surface area (Å²) in [5.41, 5.74) is 1.01. The van der Waals surface area contributed by atoms with E-state index in [2.05, 4.69) is 20.7 Å². The number of carbonyl (C=O) groups excluding carboxylic acids is 2. The van der Waals surface area contributed by atoms with Gasteiger partial charge in [0.1, 0.15) is 0 Å². The molecule has 140 valence electrons. The maximum Gasteiger partial charge on any atom is 0.269 e. The Labute approximate surface area is 158 Å². The van der Waals surface area contributed by atoms with Gasteiger partial charge in [-0.25, -0.2) is 4.68 Å². The normalized spacial score (nSPS) is 15.4. The summed E-state index contributed by atoms with van der Waals surface area (Å²) in [5, 5.41) is 20.2. The van der Waals surface area contributed by atoms with Crippen LogP contribution in [0.5, 0.6) is 0 Å². The number of fused-ring (bicyclic) bond motifs is 1. The van der Waals surface area contributed by atoms with Gasteiger partial charge in [-0.2, -0.15) is 4.98 Å². The molecule has 0 radical (unpaired) electrons. The van der Waals surface area contributed by atoms with E-state index in [-0.39, 0.29) is 41.5 Å². The van der Waals surface area contributed by atoms with Gasteiger partial charge in [0, 0.05) is 17.7 Å². The molecule has 2 aromatic carbocycles. The highest BCUT2D eigenvalue weighted by Crippen LogP contribution is 2.29. The number of nitro benzene ring substituents is 1. The van der Waals surface area contributed by atoms with Crippen LogP contribution >= 0.6 is 0 Å². The SMILES string of the molecule is O=C1C[C@@H](c2ccccc2)n2nc(NC(=O)c3ccc([N+](=O)[O-])cc3)nc2N1. The zero-order chi connectivity index (χ0) is 19.7. The van der Waals surface area contributed by atoms with E-state index in [1.807, 2.05) is 30.3 Å². The third kappa shape index (κ3) is 3.30. The Morgan fingerprint density at radius 3 is 2.57 bits per heavy atom. The molecule has 0 bridgehead atoms. The number of non-ortho nitro benzene ring substituents is 1. The number of benzene rings is 2. The molecule has 0 unspecified atom stereocenters. The lowest BCUT2D eigenvalue weighted by Gasteiger charge is -2.23. The minimum absolute atomic E-state index is 0.0292. The fraction of sp³-hybridized carbons (Fsp3) is 0.111. The Kier molecular flexibility index (Phi) is 4.28. The average molecular weight is 378 g/mol. The lowest BCUT2D eigenvalue weighted by atomic mass is 10.0. The van der Waals surface area contributed by atoms with Crippen molar-refractivity contribution in [2.45, 2.75) is 12.5 Å². The standard InChI is InChI=1S/C18H14N6O4/c25-15-10-14(11-4-2-1-3-5-11)23-18(19-15)21-17(22-23)20-16(26)12-6-8-13(9-7-12)24(27)28/h1-9,14H,10H2,(H2,19,20,21,22,25,26)/t14-/m0/s1. The minimum atomic E-state index is -0.543. The van der Waals surface area contributed by atoms with Crippen molar-refractivity contribution in [1.29, 1.82) is 0 Å². The van der Waals surface area contributed by atoms with Gasteiger partial charge in [-0.05, 0) is 17.7 Å². The highest BCUT2D eigenvalue weighted by atomic mass is 16.6. The minimum Gasteiger partial charge on any atom is -0.295 e. The van der Waals surface area contributed by atoms with Gasteiger partial charge in [0.25, 0.3) is 17.5 Å². The Morgan fingerprint density at radius 1 is 1.18 bits per heavy atom. The molecular weight excluding hydrogens is 364 g/mol. The summed E-state index contributed by atoms with van der Waals surface area (Å²) < 4.78 is 1.56. The summed E-state index contributed by atoms with van der Waals surface area (Å²) in [6, 6.07) is 14.3. The first-order chi connectivity index (χ1) is 13.5. The molecule has 10 heteroatoms. The number of carbonyl (C=O) groups is 2. The number of rotatable bonds is 4. The van der Waals surface area contributed by atoms with E-state index >= 15 is 0 Å². The number of hydrogen-bond acceptors (Lipinski definition) is 6. The predicted molar refractivity (Wildman–Crippen MR) is 98.9 cm³/mol. The van der Waals surface area contributed by atoms with Crippen molar-refractivity contribution in [1.82, 2.24) is 14.8 Å². The third-order valence-electron chi connectivity index (χ3n) is 4.31. The Hall–Kier alpha value is -4.08. The van der Waals surface area contributed by atoms with Crippen molar-refractivity contribution < 1.29 is 14.5 Å². The summed E-state index contributed by atoms with van der Waals surface area (Å²) in [4.78, 5) is 38.7. The molecule has 3 aromatic rings. The Morgan fingerprint density at radius 2 is 1.89 bits per heavy atom. The molecule has 0 aliphatic carbocycles. The van der Waals surface area contributed by atoms with Gasteiger partial charge in [0.2, 0.25) is 11.9 Å². The third-order valence-corrected chi connectivity index (χ3v) is 4.31. The van der Waals surface area contributed by atoms with Crippen molar-refractivity contribution in [3.05, 3.63) is 75.8 Å². The Bertz CT molecular complexity index is 1060. The molecule has 2 N–H and O–H groups in total. The molecule has 2 heterocycles. The zero-order valence-corrected chi connectivity index (χ0v) is 14.4. The van der Waals surface area contributed by atoms with E-state index < -0.39 is 10.8 Å². The molecule has 0 saturated heterocycles. The summed E-state index contributed by atoms with van der Waals surface area (Å²) in [5.74, 6) is -0.437.